The van der Waals surface area contributed by atoms with Crippen LogP contribution >= 0.6 is 15.9 Å². The molecule has 0 heterocycles. The standard InChI is InChI=1S/C12H14BrNO2/c1-3-12(16)9(2)14(8-15)11-6-4-10(13)5-7-11/h4-9H,3H2,1-2H3. The lowest BCUT2D eigenvalue weighted by molar-refractivity contribution is -0.121. The van der Waals surface area contributed by atoms with Crippen LogP contribution in [-0.4, -0.2) is 18.2 Å². The van der Waals surface area contributed by atoms with Gasteiger partial charge in [0.25, 0.3) is 0 Å². The molecule has 1 amide bonds. The third kappa shape index (κ3) is 2.92. The van der Waals surface area contributed by atoms with Crippen LogP contribution in [0.4, 0.5) is 5.69 Å². The lowest BCUT2D eigenvalue weighted by Crippen LogP contribution is -2.37. The van der Waals surface area contributed by atoms with Gasteiger partial charge >= 0.3 is 0 Å². The van der Waals surface area contributed by atoms with E-state index in [4.69, 9.17) is 0 Å². The molecule has 1 rings (SSSR count). The van der Waals surface area contributed by atoms with Gasteiger partial charge in [-0.05, 0) is 31.2 Å². The van der Waals surface area contributed by atoms with Gasteiger partial charge in [0.15, 0.2) is 5.78 Å². The van der Waals surface area contributed by atoms with E-state index >= 15 is 0 Å². The highest BCUT2D eigenvalue weighted by atomic mass is 79.9. The summed E-state index contributed by atoms with van der Waals surface area (Å²) in [5.74, 6) is 0.0509. The fourth-order valence-electron chi connectivity index (χ4n) is 1.44. The van der Waals surface area contributed by atoms with Crippen LogP contribution in [0.5, 0.6) is 0 Å². The van der Waals surface area contributed by atoms with Gasteiger partial charge in [-0.3, -0.25) is 9.59 Å². The normalized spacial score (nSPS) is 11.9. The second-order valence-corrected chi connectivity index (χ2v) is 4.40. The summed E-state index contributed by atoms with van der Waals surface area (Å²) in [5.41, 5.74) is 0.729. The molecule has 0 saturated carbocycles. The molecule has 3 nitrogen and oxygen atoms in total. The molecule has 86 valence electrons. The smallest absolute Gasteiger partial charge is 0.214 e. The van der Waals surface area contributed by atoms with Crippen LogP contribution in [0.1, 0.15) is 20.3 Å². The summed E-state index contributed by atoms with van der Waals surface area (Å²) in [6.07, 6.45) is 1.13. The average Bonchev–Trinajstić information content (AvgIpc) is 2.31. The number of carbonyl (C=O) groups is 2. The van der Waals surface area contributed by atoms with E-state index in [1.54, 1.807) is 26.0 Å². The van der Waals surface area contributed by atoms with Gasteiger partial charge in [0.1, 0.15) is 0 Å². The van der Waals surface area contributed by atoms with Crippen molar-refractivity contribution in [2.45, 2.75) is 26.3 Å². The van der Waals surface area contributed by atoms with Crippen LogP contribution in [0.3, 0.4) is 0 Å². The summed E-state index contributed by atoms with van der Waals surface area (Å²) in [6.45, 7) is 3.53. The number of hydrogen-bond acceptors (Lipinski definition) is 2. The summed E-state index contributed by atoms with van der Waals surface area (Å²) in [5, 5.41) is 0. The first-order chi connectivity index (χ1) is 7.60. The van der Waals surface area contributed by atoms with Crippen molar-refractivity contribution in [2.24, 2.45) is 0 Å². The van der Waals surface area contributed by atoms with Gasteiger partial charge in [0.05, 0.1) is 6.04 Å². The number of carbonyl (C=O) groups excluding carboxylic acids is 2. The zero-order chi connectivity index (χ0) is 12.1. The zero-order valence-electron chi connectivity index (χ0n) is 9.31. The maximum absolute atomic E-state index is 11.5. The van der Waals surface area contributed by atoms with Crippen molar-refractivity contribution in [1.82, 2.24) is 0 Å². The van der Waals surface area contributed by atoms with Crippen molar-refractivity contribution in [3.8, 4) is 0 Å². The van der Waals surface area contributed by atoms with Crippen molar-refractivity contribution < 1.29 is 9.59 Å². The summed E-state index contributed by atoms with van der Waals surface area (Å²) < 4.78 is 0.941. The predicted molar refractivity (Wildman–Crippen MR) is 67.4 cm³/mol. The van der Waals surface area contributed by atoms with Crippen molar-refractivity contribution in [2.75, 3.05) is 4.90 Å². The highest BCUT2D eigenvalue weighted by Crippen LogP contribution is 2.19. The molecule has 0 N–H and O–H groups in total. The van der Waals surface area contributed by atoms with Gasteiger partial charge in [0, 0.05) is 16.6 Å². The fourth-order valence-corrected chi connectivity index (χ4v) is 1.70. The van der Waals surface area contributed by atoms with Crippen molar-refractivity contribution >= 4 is 33.8 Å². The first kappa shape index (κ1) is 12.9. The number of halogens is 1. The molecule has 0 aliphatic heterocycles. The molecule has 1 aromatic carbocycles. The van der Waals surface area contributed by atoms with E-state index in [0.29, 0.717) is 12.8 Å². The van der Waals surface area contributed by atoms with Crippen LogP contribution in [0.2, 0.25) is 0 Å². The minimum atomic E-state index is -0.413. The Hall–Kier alpha value is -1.16. The summed E-state index contributed by atoms with van der Waals surface area (Å²) in [6, 6.07) is 6.88. The maximum Gasteiger partial charge on any atom is 0.214 e. The number of nitrogens with zero attached hydrogens (tertiary/aromatic N) is 1. The molecule has 0 aromatic heterocycles. The Kier molecular flexibility index (Phi) is 4.68. The van der Waals surface area contributed by atoms with Crippen LogP contribution in [-0.2, 0) is 9.59 Å². The Morgan fingerprint density at radius 3 is 2.44 bits per heavy atom. The minimum Gasteiger partial charge on any atom is -0.305 e. The topological polar surface area (TPSA) is 37.4 Å². The molecule has 4 heteroatoms. The van der Waals surface area contributed by atoms with Crippen LogP contribution < -0.4 is 4.90 Å². The molecule has 0 spiro atoms. The molecule has 0 saturated heterocycles. The SMILES string of the molecule is CCC(=O)C(C)N(C=O)c1ccc(Br)cc1. The van der Waals surface area contributed by atoms with Gasteiger partial charge in [0.2, 0.25) is 6.41 Å². The van der Waals surface area contributed by atoms with Gasteiger partial charge in [-0.15, -0.1) is 0 Å². The molecule has 16 heavy (non-hydrogen) atoms. The summed E-state index contributed by atoms with van der Waals surface area (Å²) in [4.78, 5) is 24.0. The van der Waals surface area contributed by atoms with E-state index in [-0.39, 0.29) is 5.78 Å². The largest absolute Gasteiger partial charge is 0.305 e. The number of benzene rings is 1. The highest BCUT2D eigenvalue weighted by Gasteiger charge is 2.19. The Labute approximate surface area is 104 Å². The second kappa shape index (κ2) is 5.80. The number of amides is 1. The van der Waals surface area contributed by atoms with E-state index in [2.05, 4.69) is 15.9 Å². The molecule has 0 fully saturated rings. The first-order valence-corrected chi connectivity index (χ1v) is 5.91. The highest BCUT2D eigenvalue weighted by molar-refractivity contribution is 9.10. The molecule has 0 bridgehead atoms. The molecular weight excluding hydrogens is 270 g/mol. The van der Waals surface area contributed by atoms with Crippen LogP contribution in [0.15, 0.2) is 28.7 Å². The van der Waals surface area contributed by atoms with Gasteiger partial charge in [-0.1, -0.05) is 22.9 Å². The molecule has 0 aliphatic rings. The van der Waals surface area contributed by atoms with Crippen LogP contribution in [0, 0.1) is 0 Å². The van der Waals surface area contributed by atoms with Gasteiger partial charge < -0.3 is 4.90 Å². The molecule has 1 aromatic rings. The monoisotopic (exact) mass is 283 g/mol. The van der Waals surface area contributed by atoms with Crippen LogP contribution in [0.25, 0.3) is 0 Å². The Morgan fingerprint density at radius 2 is 2.00 bits per heavy atom. The van der Waals surface area contributed by atoms with Crippen molar-refractivity contribution in [3.05, 3.63) is 28.7 Å². The number of anilines is 1. The number of hydrogen-bond donors (Lipinski definition) is 0. The van der Waals surface area contributed by atoms with E-state index < -0.39 is 6.04 Å². The Morgan fingerprint density at radius 1 is 1.44 bits per heavy atom. The third-order valence-electron chi connectivity index (χ3n) is 2.47. The summed E-state index contributed by atoms with van der Waals surface area (Å²) >= 11 is 3.32. The quantitative estimate of drug-likeness (QED) is 0.780. The first-order valence-electron chi connectivity index (χ1n) is 5.12. The Bertz CT molecular complexity index is 375. The van der Waals surface area contributed by atoms with E-state index in [1.807, 2.05) is 12.1 Å². The second-order valence-electron chi connectivity index (χ2n) is 3.48. The molecular formula is C12H14BrNO2. The molecule has 0 aliphatic carbocycles. The van der Waals surface area contributed by atoms with E-state index in [9.17, 15) is 9.59 Å². The van der Waals surface area contributed by atoms with Crippen molar-refractivity contribution in [3.63, 3.8) is 0 Å². The van der Waals surface area contributed by atoms with Gasteiger partial charge in [-0.25, -0.2) is 0 Å². The Balaban J connectivity index is 2.94. The van der Waals surface area contributed by atoms with Crippen molar-refractivity contribution in [1.29, 1.82) is 0 Å². The maximum atomic E-state index is 11.5. The number of rotatable bonds is 5. The molecule has 1 atom stereocenters. The molecule has 0 radical (unpaired) electrons. The number of ketones is 1. The predicted octanol–water partition coefficient (Wildman–Crippen LogP) is 2.78. The fraction of sp³-hybridized carbons (Fsp3) is 0.333. The molecule has 1 unspecified atom stereocenters. The zero-order valence-corrected chi connectivity index (χ0v) is 10.9. The van der Waals surface area contributed by atoms with E-state index in [0.717, 1.165) is 10.2 Å². The lowest BCUT2D eigenvalue weighted by Gasteiger charge is -2.23. The van der Waals surface area contributed by atoms with E-state index in [1.165, 1.54) is 4.90 Å². The average molecular weight is 284 g/mol. The van der Waals surface area contributed by atoms with Gasteiger partial charge in [-0.2, -0.15) is 0 Å². The summed E-state index contributed by atoms with van der Waals surface area (Å²) in [7, 11) is 0. The lowest BCUT2D eigenvalue weighted by atomic mass is 10.1. The number of Topliss-reactive ketones (excluding diaryl/α,β-unsaturated/α-hetero) is 1. The third-order valence-corrected chi connectivity index (χ3v) is 3.00. The minimum absolute atomic E-state index is 0.0509.